The van der Waals surface area contributed by atoms with Gasteiger partial charge < -0.3 is 10.4 Å². The van der Waals surface area contributed by atoms with Crippen LogP contribution in [0.2, 0.25) is 0 Å². The van der Waals surface area contributed by atoms with Gasteiger partial charge in [-0.2, -0.15) is 0 Å². The molecule has 102 valence electrons. The van der Waals surface area contributed by atoms with E-state index in [2.05, 4.69) is 5.32 Å². The average molecular weight is 261 g/mol. The number of fused-ring (bicyclic) bond motifs is 1. The number of carbonyl (C=O) groups excluding carboxylic acids is 1. The molecular formula is C15H19NO3. The maximum atomic E-state index is 12.2. The molecule has 2 rings (SSSR count). The van der Waals surface area contributed by atoms with E-state index in [1.165, 1.54) is 5.56 Å². The predicted molar refractivity (Wildman–Crippen MR) is 71.9 cm³/mol. The first-order chi connectivity index (χ1) is 8.99. The fourth-order valence-electron chi connectivity index (χ4n) is 2.42. The number of rotatable bonds is 5. The van der Waals surface area contributed by atoms with Crippen LogP contribution in [0.4, 0.5) is 0 Å². The summed E-state index contributed by atoms with van der Waals surface area (Å²) in [4.78, 5) is 23.0. The molecule has 4 nitrogen and oxygen atoms in total. The summed E-state index contributed by atoms with van der Waals surface area (Å²) >= 11 is 0. The highest BCUT2D eigenvalue weighted by atomic mass is 16.4. The minimum absolute atomic E-state index is 0.0300. The highest BCUT2D eigenvalue weighted by Gasteiger charge is 2.33. The number of amides is 1. The number of aliphatic carboxylic acids is 1. The molecular weight excluding hydrogens is 242 g/mol. The van der Waals surface area contributed by atoms with Crippen molar-refractivity contribution < 1.29 is 14.7 Å². The van der Waals surface area contributed by atoms with Crippen molar-refractivity contribution in [3.8, 4) is 0 Å². The van der Waals surface area contributed by atoms with Crippen LogP contribution in [0.25, 0.3) is 0 Å². The molecule has 4 heteroatoms. The van der Waals surface area contributed by atoms with E-state index in [1.54, 1.807) is 0 Å². The van der Waals surface area contributed by atoms with Crippen LogP contribution in [0, 0.1) is 5.92 Å². The van der Waals surface area contributed by atoms with Gasteiger partial charge in [-0.05, 0) is 23.5 Å². The van der Waals surface area contributed by atoms with Crippen molar-refractivity contribution in [1.29, 1.82) is 0 Å². The Balaban J connectivity index is 2.00. The summed E-state index contributed by atoms with van der Waals surface area (Å²) in [6, 6.07) is 7.57. The van der Waals surface area contributed by atoms with Gasteiger partial charge in [0.25, 0.3) is 0 Å². The van der Waals surface area contributed by atoms with Gasteiger partial charge in [-0.3, -0.25) is 9.59 Å². The maximum Gasteiger partial charge on any atom is 0.305 e. The van der Waals surface area contributed by atoms with Crippen LogP contribution in [-0.2, 0) is 16.0 Å². The molecule has 0 fully saturated rings. The Kier molecular flexibility index (Phi) is 3.88. The van der Waals surface area contributed by atoms with Crippen LogP contribution >= 0.6 is 0 Å². The van der Waals surface area contributed by atoms with Crippen molar-refractivity contribution in [3.63, 3.8) is 0 Å². The lowest BCUT2D eigenvalue weighted by Gasteiger charge is -2.31. The zero-order chi connectivity index (χ0) is 14.0. The first-order valence-corrected chi connectivity index (χ1v) is 6.59. The van der Waals surface area contributed by atoms with Crippen LogP contribution in [0.3, 0.4) is 0 Å². The van der Waals surface area contributed by atoms with Crippen molar-refractivity contribution in [2.75, 3.05) is 0 Å². The zero-order valence-electron chi connectivity index (χ0n) is 11.2. The largest absolute Gasteiger partial charge is 0.481 e. The molecule has 0 saturated heterocycles. The molecule has 1 aliphatic rings. The second-order valence-corrected chi connectivity index (χ2v) is 5.41. The third-order valence-electron chi connectivity index (χ3n) is 3.70. The van der Waals surface area contributed by atoms with Gasteiger partial charge >= 0.3 is 5.97 Å². The number of hydrogen-bond donors (Lipinski definition) is 2. The van der Waals surface area contributed by atoms with E-state index in [9.17, 15) is 9.59 Å². The molecule has 1 amide bonds. The Labute approximate surface area is 112 Å². The molecule has 1 aliphatic carbocycles. The highest BCUT2D eigenvalue weighted by Crippen LogP contribution is 2.35. The van der Waals surface area contributed by atoms with E-state index in [-0.39, 0.29) is 30.2 Å². The summed E-state index contributed by atoms with van der Waals surface area (Å²) in [6.45, 7) is 3.84. The molecule has 0 spiro atoms. The Morgan fingerprint density at radius 2 is 2.05 bits per heavy atom. The van der Waals surface area contributed by atoms with Gasteiger partial charge in [-0.15, -0.1) is 0 Å². The molecule has 1 aromatic rings. The molecule has 0 saturated carbocycles. The molecule has 0 bridgehead atoms. The maximum absolute atomic E-state index is 12.2. The third kappa shape index (κ3) is 2.95. The topological polar surface area (TPSA) is 66.4 Å². The molecule has 19 heavy (non-hydrogen) atoms. The number of benzene rings is 1. The number of carboxylic acid groups (broad SMARTS) is 1. The monoisotopic (exact) mass is 261 g/mol. The van der Waals surface area contributed by atoms with Crippen LogP contribution in [0.15, 0.2) is 24.3 Å². The molecule has 2 N–H and O–H groups in total. The Morgan fingerprint density at radius 1 is 1.37 bits per heavy atom. The first kappa shape index (κ1) is 13.6. The number of carbonyl (C=O) groups is 2. The van der Waals surface area contributed by atoms with E-state index in [0.717, 1.165) is 12.0 Å². The first-order valence-electron chi connectivity index (χ1n) is 6.59. The predicted octanol–water partition coefficient (Wildman–Crippen LogP) is 1.94. The summed E-state index contributed by atoms with van der Waals surface area (Å²) in [5.41, 5.74) is 2.28. The van der Waals surface area contributed by atoms with E-state index in [4.69, 9.17) is 5.11 Å². The fraction of sp³-hybridized carbons (Fsp3) is 0.467. The van der Waals surface area contributed by atoms with Crippen molar-refractivity contribution >= 4 is 11.9 Å². The van der Waals surface area contributed by atoms with Crippen LogP contribution < -0.4 is 5.32 Å². The van der Waals surface area contributed by atoms with Gasteiger partial charge in [0, 0.05) is 6.04 Å². The van der Waals surface area contributed by atoms with E-state index in [0.29, 0.717) is 0 Å². The fourth-order valence-corrected chi connectivity index (χ4v) is 2.42. The van der Waals surface area contributed by atoms with Gasteiger partial charge in [0.05, 0.1) is 12.3 Å². The SMILES string of the molecule is CC(C)C(CC(=O)O)NC(=O)C1Cc2ccccc21. The number of nitrogens with one attached hydrogen (secondary N) is 1. The Hall–Kier alpha value is -1.84. The molecule has 2 atom stereocenters. The Bertz CT molecular complexity index is 496. The van der Waals surface area contributed by atoms with Crippen LogP contribution in [0.5, 0.6) is 0 Å². The van der Waals surface area contributed by atoms with E-state index >= 15 is 0 Å². The van der Waals surface area contributed by atoms with Gasteiger partial charge in [-0.25, -0.2) is 0 Å². The second kappa shape index (κ2) is 5.43. The van der Waals surface area contributed by atoms with Gasteiger partial charge in [0.15, 0.2) is 0 Å². The van der Waals surface area contributed by atoms with Crippen molar-refractivity contribution in [1.82, 2.24) is 5.32 Å². The van der Waals surface area contributed by atoms with Crippen molar-refractivity contribution in [2.45, 2.75) is 38.6 Å². The Morgan fingerprint density at radius 3 is 2.63 bits per heavy atom. The molecule has 0 heterocycles. The minimum Gasteiger partial charge on any atom is -0.481 e. The van der Waals surface area contributed by atoms with Gasteiger partial charge in [-0.1, -0.05) is 38.1 Å². The van der Waals surface area contributed by atoms with E-state index < -0.39 is 5.97 Å². The third-order valence-corrected chi connectivity index (χ3v) is 3.70. The average Bonchev–Trinajstić information content (AvgIpc) is 2.29. The summed E-state index contributed by atoms with van der Waals surface area (Å²) in [7, 11) is 0. The molecule has 0 aliphatic heterocycles. The van der Waals surface area contributed by atoms with Gasteiger partial charge in [0.1, 0.15) is 0 Å². The lowest BCUT2D eigenvalue weighted by molar-refractivity contribution is -0.138. The minimum atomic E-state index is -0.881. The van der Waals surface area contributed by atoms with Crippen molar-refractivity contribution in [2.24, 2.45) is 5.92 Å². The van der Waals surface area contributed by atoms with Crippen molar-refractivity contribution in [3.05, 3.63) is 35.4 Å². The second-order valence-electron chi connectivity index (χ2n) is 5.41. The normalized spacial score (nSPS) is 18.4. The summed E-state index contributed by atoms with van der Waals surface area (Å²) in [5.74, 6) is -0.951. The molecule has 0 aromatic heterocycles. The smallest absolute Gasteiger partial charge is 0.305 e. The quantitative estimate of drug-likeness (QED) is 0.851. The zero-order valence-corrected chi connectivity index (χ0v) is 11.2. The standard InChI is InChI=1S/C15H19NO3/c1-9(2)13(8-14(17)18)16-15(19)12-7-10-5-3-4-6-11(10)12/h3-6,9,12-13H,7-8H2,1-2H3,(H,16,19)(H,17,18). The lowest BCUT2D eigenvalue weighted by atomic mass is 9.77. The summed E-state index contributed by atoms with van der Waals surface area (Å²) in [5, 5.41) is 11.7. The molecule has 1 aromatic carbocycles. The highest BCUT2D eigenvalue weighted by molar-refractivity contribution is 5.87. The van der Waals surface area contributed by atoms with Gasteiger partial charge in [0.2, 0.25) is 5.91 Å². The molecule has 0 radical (unpaired) electrons. The number of hydrogen-bond acceptors (Lipinski definition) is 2. The van der Waals surface area contributed by atoms with Crippen LogP contribution in [0.1, 0.15) is 37.3 Å². The van der Waals surface area contributed by atoms with E-state index in [1.807, 2.05) is 38.1 Å². The lowest BCUT2D eigenvalue weighted by Crippen LogP contribution is -2.44. The summed E-state index contributed by atoms with van der Waals surface area (Å²) in [6.07, 6.45) is 0.720. The molecule has 2 unspecified atom stereocenters. The van der Waals surface area contributed by atoms with Crippen LogP contribution in [-0.4, -0.2) is 23.0 Å². The summed E-state index contributed by atoms with van der Waals surface area (Å²) < 4.78 is 0. The number of carboxylic acids is 1.